The second kappa shape index (κ2) is 8.26. The number of allylic oxidation sites excluding steroid dienone is 1. The third-order valence-electron chi connectivity index (χ3n) is 7.09. The SMILES string of the molecule is C[C@@H]1CC[C@@H]2[C@H](Cc3cc[nH]c(=O)c3[C@H]2/C=C/c2ccc(-c3cccc(F)c3)cn2)C1. The van der Waals surface area contributed by atoms with Gasteiger partial charge >= 0.3 is 0 Å². The van der Waals surface area contributed by atoms with Crippen LogP contribution in [0.4, 0.5) is 4.39 Å². The summed E-state index contributed by atoms with van der Waals surface area (Å²) >= 11 is 0. The van der Waals surface area contributed by atoms with Crippen LogP contribution in [-0.2, 0) is 6.42 Å². The van der Waals surface area contributed by atoms with Crippen LogP contribution < -0.4 is 5.56 Å². The predicted molar refractivity (Wildman–Crippen MR) is 122 cm³/mol. The van der Waals surface area contributed by atoms with Crippen LogP contribution in [0.1, 0.15) is 48.9 Å². The van der Waals surface area contributed by atoms with Gasteiger partial charge < -0.3 is 4.98 Å². The number of aromatic nitrogens is 2. The molecule has 0 radical (unpaired) electrons. The summed E-state index contributed by atoms with van der Waals surface area (Å²) in [5, 5.41) is 0. The first-order valence-electron chi connectivity index (χ1n) is 11.2. The van der Waals surface area contributed by atoms with E-state index < -0.39 is 0 Å². The molecule has 2 aliphatic carbocycles. The van der Waals surface area contributed by atoms with Crippen LogP contribution in [0.25, 0.3) is 17.2 Å². The highest BCUT2D eigenvalue weighted by atomic mass is 19.1. The Morgan fingerprint density at radius 2 is 2.03 bits per heavy atom. The first kappa shape index (κ1) is 19.9. The molecule has 31 heavy (non-hydrogen) atoms. The minimum absolute atomic E-state index is 0.0404. The number of fused-ring (bicyclic) bond motifs is 2. The van der Waals surface area contributed by atoms with Gasteiger partial charge in [-0.15, -0.1) is 0 Å². The highest BCUT2D eigenvalue weighted by Gasteiger charge is 2.39. The van der Waals surface area contributed by atoms with Gasteiger partial charge in [-0.2, -0.15) is 0 Å². The van der Waals surface area contributed by atoms with E-state index >= 15 is 0 Å². The number of halogens is 1. The summed E-state index contributed by atoms with van der Waals surface area (Å²) < 4.78 is 13.5. The van der Waals surface area contributed by atoms with Crippen molar-refractivity contribution in [1.29, 1.82) is 0 Å². The number of aromatic amines is 1. The first-order valence-corrected chi connectivity index (χ1v) is 11.2. The Morgan fingerprint density at radius 1 is 1.13 bits per heavy atom. The quantitative estimate of drug-likeness (QED) is 0.573. The van der Waals surface area contributed by atoms with E-state index in [9.17, 15) is 9.18 Å². The average molecular weight is 415 g/mol. The fourth-order valence-corrected chi connectivity index (χ4v) is 5.58. The molecule has 0 aliphatic heterocycles. The van der Waals surface area contributed by atoms with Crippen molar-refractivity contribution < 1.29 is 4.39 Å². The highest BCUT2D eigenvalue weighted by Crippen LogP contribution is 2.47. The molecule has 0 unspecified atom stereocenters. The monoisotopic (exact) mass is 414 g/mol. The molecule has 0 amide bonds. The van der Waals surface area contributed by atoms with Crippen LogP contribution in [0.5, 0.6) is 0 Å². The molecule has 3 nitrogen and oxygen atoms in total. The zero-order valence-electron chi connectivity index (χ0n) is 17.7. The molecule has 4 atom stereocenters. The van der Waals surface area contributed by atoms with Crippen LogP contribution in [0.15, 0.2) is 65.7 Å². The molecule has 2 aliphatic rings. The number of nitrogens with zero attached hydrogens (tertiary/aromatic N) is 1. The topological polar surface area (TPSA) is 45.8 Å². The lowest BCUT2D eigenvalue weighted by Gasteiger charge is -2.43. The summed E-state index contributed by atoms with van der Waals surface area (Å²) in [4.78, 5) is 20.2. The average Bonchev–Trinajstić information content (AvgIpc) is 2.77. The Morgan fingerprint density at radius 3 is 2.84 bits per heavy atom. The van der Waals surface area contributed by atoms with Gasteiger partial charge in [-0.1, -0.05) is 37.6 Å². The number of hydrogen-bond donors (Lipinski definition) is 1. The Hall–Kier alpha value is -3.01. The van der Waals surface area contributed by atoms with Crippen LogP contribution in [0, 0.1) is 23.6 Å². The molecule has 0 spiro atoms. The van der Waals surface area contributed by atoms with Crippen molar-refractivity contribution in [2.45, 2.75) is 38.5 Å². The summed E-state index contributed by atoms with van der Waals surface area (Å²) in [5.41, 5.74) is 4.72. The largest absolute Gasteiger partial charge is 0.329 e. The molecular formula is C27H27FN2O. The van der Waals surface area contributed by atoms with E-state index in [1.54, 1.807) is 18.5 Å². The molecule has 1 aromatic carbocycles. The maximum Gasteiger partial charge on any atom is 0.252 e. The van der Waals surface area contributed by atoms with E-state index in [-0.39, 0.29) is 17.3 Å². The predicted octanol–water partition coefficient (Wildman–Crippen LogP) is 5.98. The van der Waals surface area contributed by atoms with Gasteiger partial charge in [-0.3, -0.25) is 9.78 Å². The van der Waals surface area contributed by atoms with E-state index in [1.807, 2.05) is 24.3 Å². The fourth-order valence-electron chi connectivity index (χ4n) is 5.58. The van der Waals surface area contributed by atoms with Crippen LogP contribution in [0.2, 0.25) is 0 Å². The summed E-state index contributed by atoms with van der Waals surface area (Å²) in [6, 6.07) is 12.5. The van der Waals surface area contributed by atoms with Crippen LogP contribution in [-0.4, -0.2) is 9.97 Å². The summed E-state index contributed by atoms with van der Waals surface area (Å²) in [6.45, 7) is 2.35. The molecule has 2 aromatic heterocycles. The lowest BCUT2D eigenvalue weighted by molar-refractivity contribution is 0.161. The Bertz CT molecular complexity index is 1160. The van der Waals surface area contributed by atoms with Gasteiger partial charge in [0.05, 0.1) is 5.69 Å². The van der Waals surface area contributed by atoms with Gasteiger partial charge in [0.1, 0.15) is 5.82 Å². The Kier molecular flexibility index (Phi) is 5.31. The van der Waals surface area contributed by atoms with Crippen molar-refractivity contribution in [2.75, 3.05) is 0 Å². The molecule has 1 saturated carbocycles. The molecule has 158 valence electrons. The fraction of sp³-hybridized carbons (Fsp3) is 0.333. The van der Waals surface area contributed by atoms with E-state index in [2.05, 4.69) is 29.0 Å². The Balaban J connectivity index is 1.44. The van der Waals surface area contributed by atoms with Gasteiger partial charge in [0, 0.05) is 29.4 Å². The number of benzene rings is 1. The maximum absolute atomic E-state index is 13.5. The van der Waals surface area contributed by atoms with Crippen molar-refractivity contribution in [3.8, 4) is 11.1 Å². The van der Waals surface area contributed by atoms with Crippen molar-refractivity contribution in [3.63, 3.8) is 0 Å². The molecule has 4 heteroatoms. The molecule has 0 bridgehead atoms. The molecule has 0 saturated heterocycles. The molecule has 2 heterocycles. The number of rotatable bonds is 3. The molecule has 1 fully saturated rings. The smallest absolute Gasteiger partial charge is 0.252 e. The summed E-state index contributed by atoms with van der Waals surface area (Å²) in [5.74, 6) is 1.77. The minimum Gasteiger partial charge on any atom is -0.329 e. The standard InChI is InChI=1S/C27H27FN2O/c1-17-5-9-24-21(13-17)14-19-11-12-29-27(31)26(19)25(24)10-8-23-7-6-20(16-30-23)18-3-2-4-22(28)15-18/h2-4,6-8,10-12,15-17,21,24-25H,5,9,13-14H2,1H3,(H,29,31)/b10-8+/t17-,21+,24-,25+/m1/s1. The Labute approximate surface area is 182 Å². The van der Waals surface area contributed by atoms with Crippen molar-refractivity contribution in [3.05, 3.63) is 93.9 Å². The first-order chi connectivity index (χ1) is 15.1. The lowest BCUT2D eigenvalue weighted by Crippen LogP contribution is -2.37. The number of pyridine rings is 2. The normalized spacial score (nSPS) is 25.2. The van der Waals surface area contributed by atoms with E-state index in [4.69, 9.17) is 0 Å². The lowest BCUT2D eigenvalue weighted by atomic mass is 9.62. The third-order valence-corrected chi connectivity index (χ3v) is 7.09. The summed E-state index contributed by atoms with van der Waals surface area (Å²) in [7, 11) is 0. The highest BCUT2D eigenvalue weighted by molar-refractivity contribution is 5.63. The third kappa shape index (κ3) is 3.99. The van der Waals surface area contributed by atoms with Crippen molar-refractivity contribution >= 4 is 6.08 Å². The van der Waals surface area contributed by atoms with Crippen LogP contribution >= 0.6 is 0 Å². The molecular weight excluding hydrogens is 387 g/mol. The zero-order chi connectivity index (χ0) is 21.4. The van der Waals surface area contributed by atoms with Gasteiger partial charge in [-0.05, 0) is 78.5 Å². The number of H-pyrrole nitrogens is 1. The van der Waals surface area contributed by atoms with Crippen LogP contribution in [0.3, 0.4) is 0 Å². The molecule has 1 N–H and O–H groups in total. The van der Waals surface area contributed by atoms with Gasteiger partial charge in [-0.25, -0.2) is 4.39 Å². The summed E-state index contributed by atoms with van der Waals surface area (Å²) in [6.07, 6.45) is 12.4. The zero-order valence-corrected chi connectivity index (χ0v) is 17.7. The van der Waals surface area contributed by atoms with E-state index in [1.165, 1.54) is 37.0 Å². The van der Waals surface area contributed by atoms with E-state index in [0.717, 1.165) is 34.7 Å². The molecule has 5 rings (SSSR count). The van der Waals surface area contributed by atoms with Crippen molar-refractivity contribution in [1.82, 2.24) is 9.97 Å². The van der Waals surface area contributed by atoms with Gasteiger partial charge in [0.15, 0.2) is 0 Å². The van der Waals surface area contributed by atoms with E-state index in [0.29, 0.717) is 11.8 Å². The van der Waals surface area contributed by atoms with Gasteiger partial charge in [0.2, 0.25) is 0 Å². The number of nitrogens with one attached hydrogen (secondary N) is 1. The second-order valence-electron chi connectivity index (χ2n) is 9.16. The minimum atomic E-state index is -0.251. The van der Waals surface area contributed by atoms with Gasteiger partial charge in [0.25, 0.3) is 5.56 Å². The molecule has 3 aromatic rings. The number of hydrogen-bond acceptors (Lipinski definition) is 2. The van der Waals surface area contributed by atoms with Crippen molar-refractivity contribution in [2.24, 2.45) is 17.8 Å². The maximum atomic E-state index is 13.5. The second-order valence-corrected chi connectivity index (χ2v) is 9.16.